The number of hydrogen-bond acceptors (Lipinski definition) is 4. The molecule has 1 aliphatic rings. The molecule has 0 fully saturated rings. The Balaban J connectivity index is 2.07. The molecule has 5 nitrogen and oxygen atoms in total. The van der Waals surface area contributed by atoms with Crippen molar-refractivity contribution in [3.05, 3.63) is 29.3 Å². The first-order valence-corrected chi connectivity index (χ1v) is 5.87. The molecule has 1 aromatic rings. The predicted molar refractivity (Wildman–Crippen MR) is 67.6 cm³/mol. The SMILES string of the molecule is COC(=O)[C@H](C)NC(=O)c1ccc2c(c1)CCN2. The van der Waals surface area contributed by atoms with Crippen LogP contribution in [0.3, 0.4) is 0 Å². The zero-order chi connectivity index (χ0) is 13.1. The summed E-state index contributed by atoms with van der Waals surface area (Å²) in [7, 11) is 1.30. The van der Waals surface area contributed by atoms with Crippen LogP contribution in [0.5, 0.6) is 0 Å². The number of carbonyl (C=O) groups is 2. The van der Waals surface area contributed by atoms with E-state index in [9.17, 15) is 9.59 Å². The van der Waals surface area contributed by atoms with Gasteiger partial charge in [-0.05, 0) is 37.1 Å². The van der Waals surface area contributed by atoms with Crippen molar-refractivity contribution in [3.8, 4) is 0 Å². The van der Waals surface area contributed by atoms with E-state index in [0.29, 0.717) is 5.56 Å². The van der Waals surface area contributed by atoms with Crippen molar-refractivity contribution in [2.24, 2.45) is 0 Å². The van der Waals surface area contributed by atoms with E-state index in [4.69, 9.17) is 0 Å². The molecule has 0 aromatic heterocycles. The molecule has 1 heterocycles. The Morgan fingerprint density at radius 3 is 2.94 bits per heavy atom. The van der Waals surface area contributed by atoms with E-state index in [2.05, 4.69) is 15.4 Å². The van der Waals surface area contributed by atoms with Gasteiger partial charge in [-0.15, -0.1) is 0 Å². The third kappa shape index (κ3) is 2.45. The second-order valence-corrected chi connectivity index (χ2v) is 4.27. The monoisotopic (exact) mass is 248 g/mol. The topological polar surface area (TPSA) is 67.4 Å². The third-order valence-electron chi connectivity index (χ3n) is 2.98. The first-order valence-electron chi connectivity index (χ1n) is 5.87. The molecule has 1 aromatic carbocycles. The minimum atomic E-state index is -0.645. The van der Waals surface area contributed by atoms with Gasteiger partial charge >= 0.3 is 5.97 Å². The van der Waals surface area contributed by atoms with E-state index in [0.717, 1.165) is 24.2 Å². The van der Waals surface area contributed by atoms with E-state index in [1.165, 1.54) is 7.11 Å². The molecule has 1 aliphatic heterocycles. The largest absolute Gasteiger partial charge is 0.467 e. The smallest absolute Gasteiger partial charge is 0.328 e. The molecule has 0 saturated heterocycles. The van der Waals surface area contributed by atoms with E-state index in [1.54, 1.807) is 13.0 Å². The highest BCUT2D eigenvalue weighted by atomic mass is 16.5. The van der Waals surface area contributed by atoms with Crippen molar-refractivity contribution in [2.45, 2.75) is 19.4 Å². The summed E-state index contributed by atoms with van der Waals surface area (Å²) in [5.74, 6) is -0.714. The normalized spacial score (nSPS) is 14.3. The second-order valence-electron chi connectivity index (χ2n) is 4.27. The first-order chi connectivity index (χ1) is 8.61. The van der Waals surface area contributed by atoms with E-state index in [1.807, 2.05) is 12.1 Å². The lowest BCUT2D eigenvalue weighted by atomic mass is 10.1. The number of methoxy groups -OCH3 is 1. The van der Waals surface area contributed by atoms with E-state index < -0.39 is 12.0 Å². The van der Waals surface area contributed by atoms with Crippen LogP contribution in [-0.4, -0.2) is 31.6 Å². The number of esters is 1. The maximum absolute atomic E-state index is 11.9. The Bertz CT molecular complexity index is 485. The van der Waals surface area contributed by atoms with Gasteiger partial charge < -0.3 is 15.4 Å². The van der Waals surface area contributed by atoms with Gasteiger partial charge in [0.1, 0.15) is 6.04 Å². The van der Waals surface area contributed by atoms with Gasteiger partial charge in [-0.1, -0.05) is 0 Å². The second kappa shape index (κ2) is 5.08. The van der Waals surface area contributed by atoms with Gasteiger partial charge in [-0.3, -0.25) is 4.79 Å². The molecule has 5 heteroatoms. The quantitative estimate of drug-likeness (QED) is 0.781. The van der Waals surface area contributed by atoms with Gasteiger partial charge in [0.05, 0.1) is 7.11 Å². The highest BCUT2D eigenvalue weighted by Gasteiger charge is 2.18. The number of anilines is 1. The molecule has 1 atom stereocenters. The number of ether oxygens (including phenoxy) is 1. The van der Waals surface area contributed by atoms with Crippen LogP contribution in [0.15, 0.2) is 18.2 Å². The molecular formula is C13H16N2O3. The summed E-state index contributed by atoms with van der Waals surface area (Å²) in [6.07, 6.45) is 0.920. The molecule has 96 valence electrons. The average Bonchev–Trinajstić information content (AvgIpc) is 2.84. The number of hydrogen-bond donors (Lipinski definition) is 2. The van der Waals surface area contributed by atoms with Crippen LogP contribution in [0.2, 0.25) is 0 Å². The molecule has 2 N–H and O–H groups in total. The van der Waals surface area contributed by atoms with Crippen LogP contribution in [0.1, 0.15) is 22.8 Å². The molecule has 0 saturated carbocycles. The van der Waals surface area contributed by atoms with Crippen molar-refractivity contribution in [3.63, 3.8) is 0 Å². The number of benzene rings is 1. The highest BCUT2D eigenvalue weighted by Crippen LogP contribution is 2.22. The average molecular weight is 248 g/mol. The molecule has 0 spiro atoms. The lowest BCUT2D eigenvalue weighted by molar-refractivity contribution is -0.142. The van der Waals surface area contributed by atoms with Gasteiger partial charge in [0.2, 0.25) is 0 Å². The Morgan fingerprint density at radius 2 is 2.22 bits per heavy atom. The van der Waals surface area contributed by atoms with Gasteiger partial charge in [0.15, 0.2) is 0 Å². The van der Waals surface area contributed by atoms with Crippen molar-refractivity contribution < 1.29 is 14.3 Å². The van der Waals surface area contributed by atoms with Gasteiger partial charge in [-0.25, -0.2) is 4.79 Å². The molecule has 1 amide bonds. The maximum Gasteiger partial charge on any atom is 0.328 e. The summed E-state index contributed by atoms with van der Waals surface area (Å²) in [5.41, 5.74) is 2.77. The Hall–Kier alpha value is -2.04. The lowest BCUT2D eigenvalue weighted by Gasteiger charge is -2.12. The van der Waals surface area contributed by atoms with Crippen LogP contribution >= 0.6 is 0 Å². The zero-order valence-corrected chi connectivity index (χ0v) is 10.4. The molecule has 0 aliphatic carbocycles. The Morgan fingerprint density at radius 1 is 1.44 bits per heavy atom. The molecular weight excluding hydrogens is 232 g/mol. The fourth-order valence-electron chi connectivity index (χ4n) is 1.96. The summed E-state index contributed by atoms with van der Waals surface area (Å²) in [6, 6.07) is 4.85. The van der Waals surface area contributed by atoms with Gasteiger partial charge in [0.25, 0.3) is 5.91 Å². The Kier molecular flexibility index (Phi) is 3.50. The van der Waals surface area contributed by atoms with Crippen molar-refractivity contribution in [1.82, 2.24) is 5.32 Å². The summed E-state index contributed by atoms with van der Waals surface area (Å²) in [5, 5.41) is 5.83. The van der Waals surface area contributed by atoms with E-state index >= 15 is 0 Å². The fraction of sp³-hybridized carbons (Fsp3) is 0.385. The summed E-state index contributed by atoms with van der Waals surface area (Å²) < 4.78 is 4.56. The van der Waals surface area contributed by atoms with E-state index in [-0.39, 0.29) is 5.91 Å². The van der Waals surface area contributed by atoms with Crippen LogP contribution in [-0.2, 0) is 16.0 Å². The fourth-order valence-corrected chi connectivity index (χ4v) is 1.96. The zero-order valence-electron chi connectivity index (χ0n) is 10.4. The summed E-state index contributed by atoms with van der Waals surface area (Å²) in [6.45, 7) is 2.50. The highest BCUT2D eigenvalue weighted by molar-refractivity contribution is 5.97. The molecule has 0 radical (unpaired) electrons. The summed E-state index contributed by atoms with van der Waals surface area (Å²) in [4.78, 5) is 23.2. The maximum atomic E-state index is 11.9. The lowest BCUT2D eigenvalue weighted by Crippen LogP contribution is -2.39. The van der Waals surface area contributed by atoms with Crippen LogP contribution < -0.4 is 10.6 Å². The van der Waals surface area contributed by atoms with Crippen LogP contribution in [0.25, 0.3) is 0 Å². The van der Waals surface area contributed by atoms with Gasteiger partial charge in [0, 0.05) is 17.8 Å². The van der Waals surface area contributed by atoms with Gasteiger partial charge in [-0.2, -0.15) is 0 Å². The molecule has 0 unspecified atom stereocenters. The standard InChI is InChI=1S/C13H16N2O3/c1-8(13(17)18-2)15-12(16)10-3-4-11-9(7-10)5-6-14-11/h3-4,7-8,14H,5-6H2,1-2H3,(H,15,16)/t8-/m0/s1. The number of fused-ring (bicyclic) bond motifs is 1. The predicted octanol–water partition coefficient (Wildman–Crippen LogP) is 0.946. The number of nitrogens with one attached hydrogen (secondary N) is 2. The number of carbonyl (C=O) groups excluding carboxylic acids is 2. The minimum Gasteiger partial charge on any atom is -0.467 e. The van der Waals surface area contributed by atoms with Crippen molar-refractivity contribution in [2.75, 3.05) is 19.0 Å². The Labute approximate surface area is 106 Å². The molecule has 18 heavy (non-hydrogen) atoms. The first kappa shape index (κ1) is 12.4. The number of rotatable bonds is 3. The molecule has 0 bridgehead atoms. The summed E-state index contributed by atoms with van der Waals surface area (Å²) >= 11 is 0. The van der Waals surface area contributed by atoms with Crippen molar-refractivity contribution >= 4 is 17.6 Å². The van der Waals surface area contributed by atoms with Crippen molar-refractivity contribution in [1.29, 1.82) is 0 Å². The van der Waals surface area contributed by atoms with Crippen LogP contribution in [0, 0.1) is 0 Å². The van der Waals surface area contributed by atoms with Crippen LogP contribution in [0.4, 0.5) is 5.69 Å². The minimum absolute atomic E-state index is 0.261. The third-order valence-corrected chi connectivity index (χ3v) is 2.98. The number of amides is 1. The molecule has 2 rings (SSSR count).